The number of aromatic nitrogens is 2. The molecule has 0 atom stereocenters. The summed E-state index contributed by atoms with van der Waals surface area (Å²) in [6.07, 6.45) is 7.82. The molecule has 1 fully saturated rings. The molecule has 7 heteroatoms. The van der Waals surface area contributed by atoms with Gasteiger partial charge in [0.1, 0.15) is 10.7 Å². The van der Waals surface area contributed by atoms with E-state index in [0.717, 1.165) is 56.7 Å². The Morgan fingerprint density at radius 2 is 1.79 bits per heavy atom. The molecule has 0 aromatic carbocycles. The second-order valence-electron chi connectivity index (χ2n) is 9.07. The molecular formula is C22H32N4O2S. The molecule has 1 amide bonds. The number of carbonyl (C=O) groups is 1. The first kappa shape index (κ1) is 20.5. The second kappa shape index (κ2) is 8.19. The molecule has 29 heavy (non-hydrogen) atoms. The number of piperidine rings is 1. The van der Waals surface area contributed by atoms with E-state index >= 15 is 0 Å². The SMILES string of the molecule is Cc1c(C(=O)NCC(C)(C)N2CCCCC2)sc2nc3n(c(=O)c12)CCCCC3. The number of rotatable bonds is 4. The lowest BCUT2D eigenvalue weighted by atomic mass is 9.98. The molecule has 4 heterocycles. The van der Waals surface area contributed by atoms with Crippen molar-refractivity contribution in [1.82, 2.24) is 19.8 Å². The minimum atomic E-state index is -0.0878. The summed E-state index contributed by atoms with van der Waals surface area (Å²) in [7, 11) is 0. The van der Waals surface area contributed by atoms with E-state index in [1.807, 2.05) is 11.5 Å². The first-order valence-corrected chi connectivity index (χ1v) is 11.8. The Bertz CT molecular complexity index is 969. The van der Waals surface area contributed by atoms with Gasteiger partial charge in [-0.2, -0.15) is 0 Å². The molecule has 4 rings (SSSR count). The Morgan fingerprint density at radius 3 is 2.55 bits per heavy atom. The number of aryl methyl sites for hydroxylation is 2. The maximum Gasteiger partial charge on any atom is 0.262 e. The van der Waals surface area contributed by atoms with Gasteiger partial charge < -0.3 is 5.32 Å². The summed E-state index contributed by atoms with van der Waals surface area (Å²) in [5, 5.41) is 3.76. The zero-order valence-electron chi connectivity index (χ0n) is 17.8. The van der Waals surface area contributed by atoms with E-state index in [9.17, 15) is 9.59 Å². The quantitative estimate of drug-likeness (QED) is 0.829. The number of nitrogens with zero attached hydrogens (tertiary/aromatic N) is 3. The standard InChI is InChI=1S/C22H32N4O2S/c1-15-17-20(24-16-10-6-4-9-13-26(16)21(17)28)29-18(15)19(27)23-14-22(2,3)25-11-7-5-8-12-25/h4-14H2,1-3H3,(H,23,27). The van der Waals surface area contributed by atoms with Crippen LogP contribution in [-0.4, -0.2) is 45.5 Å². The molecule has 0 bridgehead atoms. The Labute approximate surface area is 176 Å². The largest absolute Gasteiger partial charge is 0.349 e. The van der Waals surface area contributed by atoms with Crippen LogP contribution in [0, 0.1) is 6.92 Å². The minimum Gasteiger partial charge on any atom is -0.349 e. The van der Waals surface area contributed by atoms with Crippen molar-refractivity contribution in [2.45, 2.75) is 77.8 Å². The van der Waals surface area contributed by atoms with Gasteiger partial charge in [0.2, 0.25) is 0 Å². The summed E-state index contributed by atoms with van der Waals surface area (Å²) in [5.74, 6) is 0.787. The summed E-state index contributed by atoms with van der Waals surface area (Å²) in [6, 6.07) is 0. The van der Waals surface area contributed by atoms with Crippen molar-refractivity contribution in [3.05, 3.63) is 26.6 Å². The molecular weight excluding hydrogens is 384 g/mol. The molecule has 1 N–H and O–H groups in total. The van der Waals surface area contributed by atoms with Crippen LogP contribution in [0.2, 0.25) is 0 Å². The van der Waals surface area contributed by atoms with Gasteiger partial charge in [0, 0.05) is 25.0 Å². The predicted molar refractivity (Wildman–Crippen MR) is 118 cm³/mol. The minimum absolute atomic E-state index is 0.0216. The Kier molecular flexibility index (Phi) is 5.80. The molecule has 0 radical (unpaired) electrons. The third-order valence-corrected chi connectivity index (χ3v) is 7.70. The number of nitrogens with one attached hydrogen (secondary N) is 1. The molecule has 2 aromatic rings. The Morgan fingerprint density at radius 1 is 1.10 bits per heavy atom. The number of likely N-dealkylation sites (tertiary alicyclic amines) is 1. The number of amides is 1. The van der Waals surface area contributed by atoms with E-state index in [4.69, 9.17) is 4.98 Å². The van der Waals surface area contributed by atoms with E-state index in [1.54, 1.807) is 0 Å². The first-order valence-electron chi connectivity index (χ1n) is 10.9. The van der Waals surface area contributed by atoms with Crippen molar-refractivity contribution in [2.75, 3.05) is 19.6 Å². The fraction of sp³-hybridized carbons (Fsp3) is 0.682. The summed E-state index contributed by atoms with van der Waals surface area (Å²) in [5.41, 5.74) is 0.721. The third kappa shape index (κ3) is 3.99. The van der Waals surface area contributed by atoms with E-state index in [-0.39, 0.29) is 17.0 Å². The lowest BCUT2D eigenvalue weighted by Crippen LogP contribution is -2.53. The van der Waals surface area contributed by atoms with Crippen LogP contribution in [-0.2, 0) is 13.0 Å². The van der Waals surface area contributed by atoms with Crippen LogP contribution < -0.4 is 10.9 Å². The Hall–Kier alpha value is -1.73. The smallest absolute Gasteiger partial charge is 0.262 e. The maximum atomic E-state index is 13.1. The summed E-state index contributed by atoms with van der Waals surface area (Å²) < 4.78 is 1.83. The van der Waals surface area contributed by atoms with E-state index in [1.165, 1.54) is 30.6 Å². The summed E-state index contributed by atoms with van der Waals surface area (Å²) in [6.45, 7) is 9.80. The summed E-state index contributed by atoms with van der Waals surface area (Å²) in [4.78, 5) is 34.7. The number of fused-ring (bicyclic) bond motifs is 2. The fourth-order valence-corrected chi connectivity index (χ4v) is 5.72. The van der Waals surface area contributed by atoms with E-state index in [2.05, 4.69) is 24.1 Å². The second-order valence-corrected chi connectivity index (χ2v) is 10.1. The highest BCUT2D eigenvalue weighted by molar-refractivity contribution is 7.20. The van der Waals surface area contributed by atoms with Gasteiger partial charge in [-0.3, -0.25) is 19.1 Å². The van der Waals surface area contributed by atoms with Gasteiger partial charge in [-0.1, -0.05) is 12.8 Å². The van der Waals surface area contributed by atoms with Gasteiger partial charge in [0.25, 0.3) is 11.5 Å². The lowest BCUT2D eigenvalue weighted by Gasteiger charge is -2.41. The molecule has 2 aliphatic heterocycles. The zero-order valence-corrected chi connectivity index (χ0v) is 18.7. The van der Waals surface area contributed by atoms with Crippen LogP contribution in [0.1, 0.15) is 73.4 Å². The molecule has 2 aromatic heterocycles. The van der Waals surface area contributed by atoms with Gasteiger partial charge in [-0.15, -0.1) is 11.3 Å². The van der Waals surface area contributed by atoms with Gasteiger partial charge in [-0.25, -0.2) is 4.98 Å². The summed E-state index contributed by atoms with van der Waals surface area (Å²) >= 11 is 1.36. The topological polar surface area (TPSA) is 67.2 Å². The molecule has 0 aliphatic carbocycles. The van der Waals surface area contributed by atoms with E-state index < -0.39 is 0 Å². The fourth-order valence-electron chi connectivity index (χ4n) is 4.61. The Balaban J connectivity index is 1.57. The van der Waals surface area contributed by atoms with E-state index in [0.29, 0.717) is 21.6 Å². The molecule has 1 saturated heterocycles. The predicted octanol–water partition coefficient (Wildman–Crippen LogP) is 3.49. The van der Waals surface area contributed by atoms with Gasteiger partial charge in [-0.05, 0) is 65.1 Å². The zero-order chi connectivity index (χ0) is 20.6. The first-order chi connectivity index (χ1) is 13.9. The van der Waals surface area contributed by atoms with Crippen molar-refractivity contribution in [1.29, 1.82) is 0 Å². The van der Waals surface area contributed by atoms with Crippen molar-refractivity contribution in [2.24, 2.45) is 0 Å². The number of thiophene rings is 1. The van der Waals surface area contributed by atoms with Crippen molar-refractivity contribution in [3.8, 4) is 0 Å². The van der Waals surface area contributed by atoms with Crippen LogP contribution in [0.4, 0.5) is 0 Å². The monoisotopic (exact) mass is 416 g/mol. The highest BCUT2D eigenvalue weighted by Gasteiger charge is 2.29. The average molecular weight is 417 g/mol. The average Bonchev–Trinajstić information content (AvgIpc) is 2.89. The number of hydrogen-bond donors (Lipinski definition) is 1. The van der Waals surface area contributed by atoms with Gasteiger partial charge in [0.15, 0.2) is 0 Å². The highest BCUT2D eigenvalue weighted by atomic mass is 32.1. The van der Waals surface area contributed by atoms with Crippen LogP contribution in [0.25, 0.3) is 10.2 Å². The van der Waals surface area contributed by atoms with Crippen molar-refractivity contribution in [3.63, 3.8) is 0 Å². The molecule has 0 spiro atoms. The van der Waals surface area contributed by atoms with Crippen molar-refractivity contribution >= 4 is 27.5 Å². The highest BCUT2D eigenvalue weighted by Crippen LogP contribution is 2.28. The molecule has 2 aliphatic rings. The number of hydrogen-bond acceptors (Lipinski definition) is 5. The van der Waals surface area contributed by atoms with Crippen molar-refractivity contribution < 1.29 is 4.79 Å². The molecule has 158 valence electrons. The van der Waals surface area contributed by atoms with Gasteiger partial charge >= 0.3 is 0 Å². The normalized spacial score (nSPS) is 18.4. The maximum absolute atomic E-state index is 13.1. The van der Waals surface area contributed by atoms with Crippen LogP contribution in [0.15, 0.2) is 4.79 Å². The third-order valence-electron chi connectivity index (χ3n) is 6.51. The number of carbonyl (C=O) groups excluding carboxylic acids is 1. The molecule has 6 nitrogen and oxygen atoms in total. The van der Waals surface area contributed by atoms with Gasteiger partial charge in [0.05, 0.1) is 10.3 Å². The molecule has 0 saturated carbocycles. The van der Waals surface area contributed by atoms with Crippen LogP contribution >= 0.6 is 11.3 Å². The lowest BCUT2D eigenvalue weighted by molar-refractivity contribution is 0.0800. The van der Waals surface area contributed by atoms with Crippen LogP contribution in [0.5, 0.6) is 0 Å². The van der Waals surface area contributed by atoms with Crippen LogP contribution in [0.3, 0.4) is 0 Å². The molecule has 0 unspecified atom stereocenters.